The monoisotopic (exact) mass is 355 g/mol. The van der Waals surface area contributed by atoms with Gasteiger partial charge in [-0.15, -0.1) is 17.5 Å². The lowest BCUT2D eigenvalue weighted by Crippen LogP contribution is -2.29. The predicted molar refractivity (Wildman–Crippen MR) is 103 cm³/mol. The van der Waals surface area contributed by atoms with Crippen LogP contribution in [0.1, 0.15) is 24.6 Å². The van der Waals surface area contributed by atoms with E-state index in [1.54, 1.807) is 0 Å². The summed E-state index contributed by atoms with van der Waals surface area (Å²) in [4.78, 5) is 9.24. The Morgan fingerprint density at radius 3 is 2.28 bits per heavy atom. The van der Waals surface area contributed by atoms with Crippen LogP contribution in [0.4, 0.5) is 11.4 Å². The SMILES string of the molecule is CC1c2nc(CN(C)C)nn2-c2ccccc2N1c1ccccc1.Cl. The van der Waals surface area contributed by atoms with Crippen LogP contribution in [0.3, 0.4) is 0 Å². The molecule has 1 aliphatic rings. The molecule has 4 rings (SSSR count). The van der Waals surface area contributed by atoms with Crippen LogP contribution in [-0.4, -0.2) is 33.8 Å². The summed E-state index contributed by atoms with van der Waals surface area (Å²) in [6.07, 6.45) is 0. The number of benzene rings is 2. The van der Waals surface area contributed by atoms with Gasteiger partial charge in [-0.2, -0.15) is 0 Å². The molecule has 0 radical (unpaired) electrons. The van der Waals surface area contributed by atoms with Crippen molar-refractivity contribution < 1.29 is 0 Å². The third kappa shape index (κ3) is 3.01. The maximum absolute atomic E-state index is 4.82. The Morgan fingerprint density at radius 1 is 0.960 bits per heavy atom. The number of hydrogen-bond acceptors (Lipinski definition) is 4. The van der Waals surface area contributed by atoms with E-state index in [4.69, 9.17) is 10.1 Å². The third-order valence-corrected chi connectivity index (χ3v) is 4.30. The largest absolute Gasteiger partial charge is 0.329 e. The maximum Gasteiger partial charge on any atom is 0.165 e. The molecule has 0 bridgehead atoms. The second kappa shape index (κ2) is 6.86. The smallest absolute Gasteiger partial charge is 0.165 e. The van der Waals surface area contributed by atoms with E-state index in [0.29, 0.717) is 0 Å². The van der Waals surface area contributed by atoms with Gasteiger partial charge in [0.25, 0.3) is 0 Å². The number of nitrogens with zero attached hydrogens (tertiary/aromatic N) is 5. The molecule has 130 valence electrons. The molecule has 25 heavy (non-hydrogen) atoms. The highest BCUT2D eigenvalue weighted by molar-refractivity contribution is 5.85. The quantitative estimate of drug-likeness (QED) is 0.712. The summed E-state index contributed by atoms with van der Waals surface area (Å²) in [6, 6.07) is 19.0. The van der Waals surface area contributed by atoms with Crippen molar-refractivity contribution >= 4 is 23.8 Å². The molecule has 0 aliphatic carbocycles. The first-order valence-corrected chi connectivity index (χ1v) is 8.19. The van der Waals surface area contributed by atoms with Gasteiger partial charge in [0.1, 0.15) is 0 Å². The van der Waals surface area contributed by atoms with Gasteiger partial charge in [0, 0.05) is 5.69 Å². The highest BCUT2D eigenvalue weighted by Gasteiger charge is 2.32. The van der Waals surface area contributed by atoms with Gasteiger partial charge < -0.3 is 9.80 Å². The minimum absolute atomic E-state index is 0. The third-order valence-electron chi connectivity index (χ3n) is 4.30. The number of rotatable bonds is 3. The molecule has 0 saturated heterocycles. The van der Waals surface area contributed by atoms with E-state index in [-0.39, 0.29) is 18.4 Å². The van der Waals surface area contributed by atoms with Gasteiger partial charge in [0.15, 0.2) is 11.6 Å². The molecule has 1 aromatic heterocycles. The molecule has 1 aliphatic heterocycles. The number of fused-ring (bicyclic) bond motifs is 3. The number of para-hydroxylation sites is 3. The Hall–Kier alpha value is -2.37. The summed E-state index contributed by atoms with van der Waals surface area (Å²) in [7, 11) is 4.07. The lowest BCUT2D eigenvalue weighted by Gasteiger charge is -2.36. The molecule has 2 aromatic carbocycles. The van der Waals surface area contributed by atoms with Crippen molar-refractivity contribution in [2.45, 2.75) is 19.5 Å². The Morgan fingerprint density at radius 2 is 1.60 bits per heavy atom. The van der Waals surface area contributed by atoms with Crippen LogP contribution in [0.25, 0.3) is 5.69 Å². The fraction of sp³-hybridized carbons (Fsp3) is 0.263. The molecule has 5 nitrogen and oxygen atoms in total. The first-order chi connectivity index (χ1) is 11.6. The molecule has 0 spiro atoms. The van der Waals surface area contributed by atoms with Gasteiger partial charge in [-0.05, 0) is 45.3 Å². The van der Waals surface area contributed by atoms with Crippen molar-refractivity contribution in [2.24, 2.45) is 0 Å². The van der Waals surface area contributed by atoms with Crippen molar-refractivity contribution in [3.05, 3.63) is 66.2 Å². The summed E-state index contributed by atoms with van der Waals surface area (Å²) in [5.74, 6) is 1.83. The Balaban J connectivity index is 0.00000182. The normalized spacial score (nSPS) is 15.5. The van der Waals surface area contributed by atoms with Crippen LogP contribution in [0.5, 0.6) is 0 Å². The van der Waals surface area contributed by atoms with E-state index in [0.717, 1.165) is 29.6 Å². The fourth-order valence-electron chi connectivity index (χ4n) is 3.29. The van der Waals surface area contributed by atoms with E-state index in [2.05, 4.69) is 65.3 Å². The molecule has 0 N–H and O–H groups in total. The topological polar surface area (TPSA) is 37.2 Å². The lowest BCUT2D eigenvalue weighted by molar-refractivity contribution is 0.390. The molecular weight excluding hydrogens is 334 g/mol. The molecule has 1 atom stereocenters. The standard InChI is InChI=1S/C19H21N5.ClH/c1-14-19-20-18(13-22(2)3)21-24(19)17-12-8-7-11-16(17)23(14)15-9-5-4-6-10-15;/h4-12,14H,13H2,1-3H3;1H. The number of aromatic nitrogens is 3. The Bertz CT molecular complexity index is 859. The highest BCUT2D eigenvalue weighted by Crippen LogP contribution is 2.42. The van der Waals surface area contributed by atoms with Crippen LogP contribution in [0.2, 0.25) is 0 Å². The van der Waals surface area contributed by atoms with Crippen LogP contribution in [-0.2, 0) is 6.54 Å². The van der Waals surface area contributed by atoms with Gasteiger partial charge >= 0.3 is 0 Å². The first-order valence-electron chi connectivity index (χ1n) is 8.19. The Kier molecular flexibility index (Phi) is 4.79. The van der Waals surface area contributed by atoms with Crippen LogP contribution >= 0.6 is 12.4 Å². The van der Waals surface area contributed by atoms with Crippen molar-refractivity contribution in [3.8, 4) is 5.69 Å². The van der Waals surface area contributed by atoms with E-state index in [1.165, 1.54) is 5.69 Å². The van der Waals surface area contributed by atoms with Gasteiger partial charge in [0.2, 0.25) is 0 Å². The van der Waals surface area contributed by atoms with Crippen molar-refractivity contribution in [2.75, 3.05) is 19.0 Å². The zero-order chi connectivity index (χ0) is 16.7. The summed E-state index contributed by atoms with van der Waals surface area (Å²) in [5, 5.41) is 4.75. The predicted octanol–water partition coefficient (Wildman–Crippen LogP) is 3.96. The lowest BCUT2D eigenvalue weighted by atomic mass is 10.1. The highest BCUT2D eigenvalue weighted by atomic mass is 35.5. The second-order valence-electron chi connectivity index (χ2n) is 6.41. The van der Waals surface area contributed by atoms with Gasteiger partial charge in [-0.25, -0.2) is 9.67 Å². The Labute approximate surface area is 154 Å². The fourth-order valence-corrected chi connectivity index (χ4v) is 3.29. The van der Waals surface area contributed by atoms with Crippen molar-refractivity contribution in [1.82, 2.24) is 19.7 Å². The van der Waals surface area contributed by atoms with Gasteiger partial charge in [0.05, 0.1) is 24.0 Å². The van der Waals surface area contributed by atoms with Crippen LogP contribution in [0, 0.1) is 0 Å². The molecule has 0 amide bonds. The van der Waals surface area contributed by atoms with Crippen molar-refractivity contribution in [1.29, 1.82) is 0 Å². The first kappa shape index (κ1) is 17.5. The summed E-state index contributed by atoms with van der Waals surface area (Å²) in [6.45, 7) is 2.92. The molecule has 0 fully saturated rings. The molecule has 2 heterocycles. The number of anilines is 2. The summed E-state index contributed by atoms with van der Waals surface area (Å²) >= 11 is 0. The molecule has 0 saturated carbocycles. The molecular formula is C19H22ClN5. The van der Waals surface area contributed by atoms with E-state index in [1.807, 2.05) is 24.8 Å². The summed E-state index contributed by atoms with van der Waals surface area (Å²) in [5.41, 5.74) is 3.40. The second-order valence-corrected chi connectivity index (χ2v) is 6.41. The minimum Gasteiger partial charge on any atom is -0.329 e. The minimum atomic E-state index is 0. The molecule has 6 heteroatoms. The van der Waals surface area contributed by atoms with Gasteiger partial charge in [-0.3, -0.25) is 0 Å². The van der Waals surface area contributed by atoms with Crippen molar-refractivity contribution in [3.63, 3.8) is 0 Å². The van der Waals surface area contributed by atoms with E-state index < -0.39 is 0 Å². The summed E-state index contributed by atoms with van der Waals surface area (Å²) < 4.78 is 2.00. The molecule has 1 unspecified atom stereocenters. The average Bonchev–Trinajstić information content (AvgIpc) is 3.00. The molecule has 3 aromatic rings. The number of halogens is 1. The zero-order valence-corrected chi connectivity index (χ0v) is 15.4. The van der Waals surface area contributed by atoms with E-state index >= 15 is 0 Å². The average molecular weight is 356 g/mol. The zero-order valence-electron chi connectivity index (χ0n) is 14.6. The van der Waals surface area contributed by atoms with E-state index in [9.17, 15) is 0 Å². The van der Waals surface area contributed by atoms with Crippen LogP contribution in [0.15, 0.2) is 54.6 Å². The van der Waals surface area contributed by atoms with Crippen LogP contribution < -0.4 is 4.90 Å². The maximum atomic E-state index is 4.82. The number of hydrogen-bond donors (Lipinski definition) is 0. The van der Waals surface area contributed by atoms with Gasteiger partial charge in [-0.1, -0.05) is 30.3 Å².